The molecule has 136 valence electrons. The maximum atomic E-state index is 12.9. The van der Waals surface area contributed by atoms with Crippen molar-refractivity contribution in [1.29, 1.82) is 0 Å². The van der Waals surface area contributed by atoms with Crippen LogP contribution in [0.15, 0.2) is 24.3 Å². The zero-order valence-electron chi connectivity index (χ0n) is 14.9. The third-order valence-electron chi connectivity index (χ3n) is 5.69. The van der Waals surface area contributed by atoms with Gasteiger partial charge in [-0.3, -0.25) is 9.69 Å². The molecule has 2 fully saturated rings. The van der Waals surface area contributed by atoms with E-state index in [1.165, 1.54) is 18.4 Å². The lowest BCUT2D eigenvalue weighted by molar-refractivity contribution is -0.120. The molecule has 0 N–H and O–H groups in total. The molecule has 1 unspecified atom stereocenters. The molecule has 0 spiro atoms. The molecule has 1 aromatic carbocycles. The van der Waals surface area contributed by atoms with Crippen molar-refractivity contribution in [2.24, 2.45) is 0 Å². The topological polar surface area (TPSA) is 42.0 Å². The Balaban J connectivity index is 1.41. The van der Waals surface area contributed by atoms with Crippen molar-refractivity contribution in [2.45, 2.75) is 50.8 Å². The molecule has 1 aromatic rings. The van der Waals surface area contributed by atoms with Crippen LogP contribution in [0.5, 0.6) is 0 Å². The predicted octanol–water partition coefficient (Wildman–Crippen LogP) is 2.58. The zero-order chi connectivity index (χ0) is 17.1. The van der Waals surface area contributed by atoms with Gasteiger partial charge in [-0.1, -0.05) is 18.2 Å². The number of ether oxygens (including phenoxy) is 2. The van der Waals surface area contributed by atoms with Crippen LogP contribution in [0.1, 0.15) is 37.7 Å². The van der Waals surface area contributed by atoms with E-state index < -0.39 is 0 Å². The minimum Gasteiger partial charge on any atom is -0.381 e. The highest BCUT2D eigenvalue weighted by molar-refractivity contribution is 5.94. The van der Waals surface area contributed by atoms with Crippen LogP contribution in [0, 0.1) is 0 Å². The fraction of sp³-hybridized carbons (Fsp3) is 0.650. The second-order valence-electron chi connectivity index (χ2n) is 7.33. The second kappa shape index (κ2) is 7.85. The number of rotatable bonds is 4. The van der Waals surface area contributed by atoms with Gasteiger partial charge >= 0.3 is 0 Å². The monoisotopic (exact) mass is 344 g/mol. The molecule has 2 saturated heterocycles. The van der Waals surface area contributed by atoms with Gasteiger partial charge in [0.05, 0.1) is 19.1 Å². The molecule has 0 saturated carbocycles. The van der Waals surface area contributed by atoms with Gasteiger partial charge in [0, 0.05) is 38.0 Å². The van der Waals surface area contributed by atoms with E-state index in [1.807, 2.05) is 11.0 Å². The first-order valence-electron chi connectivity index (χ1n) is 9.63. The zero-order valence-corrected chi connectivity index (χ0v) is 14.9. The number of anilines is 1. The van der Waals surface area contributed by atoms with Crippen molar-refractivity contribution < 1.29 is 14.3 Å². The number of fused-ring (bicyclic) bond motifs is 2. The highest BCUT2D eigenvalue weighted by Gasteiger charge is 2.33. The summed E-state index contributed by atoms with van der Waals surface area (Å²) in [5.74, 6) is 0.188. The molecule has 1 atom stereocenters. The summed E-state index contributed by atoms with van der Waals surface area (Å²) in [7, 11) is 0. The van der Waals surface area contributed by atoms with E-state index in [1.54, 1.807) is 0 Å². The molecule has 4 rings (SSSR count). The van der Waals surface area contributed by atoms with E-state index in [2.05, 4.69) is 23.1 Å². The average Bonchev–Trinajstić information content (AvgIpc) is 3.01. The summed E-state index contributed by atoms with van der Waals surface area (Å²) in [6.07, 6.45) is 5.02. The molecule has 3 aliphatic heterocycles. The number of amides is 1. The Hall–Kier alpha value is -1.43. The van der Waals surface area contributed by atoms with Crippen molar-refractivity contribution in [3.8, 4) is 0 Å². The van der Waals surface area contributed by atoms with Crippen molar-refractivity contribution in [2.75, 3.05) is 37.8 Å². The maximum absolute atomic E-state index is 12.9. The number of hydrogen-bond acceptors (Lipinski definition) is 4. The molecule has 3 heterocycles. The molecule has 3 aliphatic rings. The maximum Gasteiger partial charge on any atom is 0.229 e. The Bertz CT molecular complexity index is 600. The standard InChI is InChI=1S/C20H28N2O3/c23-20(9-13-25-18-7-11-24-12-8-18)22-15-17-5-3-10-21(17)14-16-4-1-2-6-19(16)22/h1-2,4,6,17-18H,3,5,7-15H2. The van der Waals surface area contributed by atoms with Crippen LogP contribution in [-0.2, 0) is 20.8 Å². The Morgan fingerprint density at radius 3 is 2.92 bits per heavy atom. The molecule has 5 heteroatoms. The molecule has 0 bridgehead atoms. The lowest BCUT2D eigenvalue weighted by Crippen LogP contribution is -2.41. The van der Waals surface area contributed by atoms with Crippen LogP contribution < -0.4 is 4.90 Å². The van der Waals surface area contributed by atoms with Crippen molar-refractivity contribution in [3.05, 3.63) is 29.8 Å². The molecule has 25 heavy (non-hydrogen) atoms. The minimum absolute atomic E-state index is 0.188. The molecule has 0 aromatic heterocycles. The first-order chi connectivity index (χ1) is 12.3. The van der Waals surface area contributed by atoms with Gasteiger partial charge in [-0.2, -0.15) is 0 Å². The van der Waals surface area contributed by atoms with E-state index in [9.17, 15) is 4.79 Å². The summed E-state index contributed by atoms with van der Waals surface area (Å²) < 4.78 is 11.3. The van der Waals surface area contributed by atoms with Gasteiger partial charge in [0.15, 0.2) is 0 Å². The number of nitrogens with zero attached hydrogens (tertiary/aromatic N) is 2. The van der Waals surface area contributed by atoms with Crippen LogP contribution in [-0.4, -0.2) is 55.9 Å². The van der Waals surface area contributed by atoms with E-state index in [-0.39, 0.29) is 12.0 Å². The third-order valence-corrected chi connectivity index (χ3v) is 5.69. The van der Waals surface area contributed by atoms with Crippen molar-refractivity contribution >= 4 is 11.6 Å². The smallest absolute Gasteiger partial charge is 0.229 e. The number of hydrogen-bond donors (Lipinski definition) is 0. The van der Waals surface area contributed by atoms with Crippen LogP contribution in [0.4, 0.5) is 5.69 Å². The average molecular weight is 344 g/mol. The Morgan fingerprint density at radius 2 is 2.04 bits per heavy atom. The number of benzene rings is 1. The van der Waals surface area contributed by atoms with E-state index in [4.69, 9.17) is 9.47 Å². The number of carbonyl (C=O) groups is 1. The highest BCUT2D eigenvalue weighted by Crippen LogP contribution is 2.31. The number of carbonyl (C=O) groups excluding carboxylic acids is 1. The van der Waals surface area contributed by atoms with Crippen LogP contribution >= 0.6 is 0 Å². The third kappa shape index (κ3) is 3.89. The lowest BCUT2D eigenvalue weighted by Gasteiger charge is -2.27. The van der Waals surface area contributed by atoms with Crippen LogP contribution in [0.25, 0.3) is 0 Å². The predicted molar refractivity (Wildman–Crippen MR) is 96.6 cm³/mol. The van der Waals surface area contributed by atoms with Crippen LogP contribution in [0.2, 0.25) is 0 Å². The molecule has 0 aliphatic carbocycles. The molecule has 1 amide bonds. The molecule has 5 nitrogen and oxygen atoms in total. The van der Waals surface area contributed by atoms with Gasteiger partial charge in [0.2, 0.25) is 5.91 Å². The first kappa shape index (κ1) is 17.0. The number of para-hydroxylation sites is 1. The normalized spacial score (nSPS) is 24.6. The largest absolute Gasteiger partial charge is 0.381 e. The highest BCUT2D eigenvalue weighted by atomic mass is 16.5. The van der Waals surface area contributed by atoms with Gasteiger partial charge in [0.25, 0.3) is 0 Å². The lowest BCUT2D eigenvalue weighted by atomic mass is 10.1. The first-order valence-corrected chi connectivity index (χ1v) is 9.63. The summed E-state index contributed by atoms with van der Waals surface area (Å²) in [4.78, 5) is 17.5. The van der Waals surface area contributed by atoms with Crippen LogP contribution in [0.3, 0.4) is 0 Å². The summed E-state index contributed by atoms with van der Waals surface area (Å²) in [5, 5.41) is 0. The van der Waals surface area contributed by atoms with Crippen molar-refractivity contribution in [1.82, 2.24) is 4.90 Å². The fourth-order valence-corrected chi connectivity index (χ4v) is 4.27. The Labute approximate surface area is 149 Å². The van der Waals surface area contributed by atoms with E-state index in [0.29, 0.717) is 19.1 Å². The molecular formula is C20H28N2O3. The van der Waals surface area contributed by atoms with E-state index >= 15 is 0 Å². The Kier molecular flexibility index (Phi) is 5.34. The summed E-state index contributed by atoms with van der Waals surface area (Å²) in [6.45, 7) is 4.98. The SMILES string of the molecule is O=C(CCOC1CCOCC1)N1CC2CCCN2Cc2ccccc21. The van der Waals surface area contributed by atoms with Gasteiger partial charge in [-0.25, -0.2) is 0 Å². The quantitative estimate of drug-likeness (QED) is 0.842. The fourth-order valence-electron chi connectivity index (χ4n) is 4.27. The second-order valence-corrected chi connectivity index (χ2v) is 7.33. The summed E-state index contributed by atoms with van der Waals surface area (Å²) in [6, 6.07) is 8.86. The van der Waals surface area contributed by atoms with Gasteiger partial charge in [0.1, 0.15) is 0 Å². The Morgan fingerprint density at radius 1 is 1.20 bits per heavy atom. The van der Waals surface area contributed by atoms with Crippen molar-refractivity contribution in [3.63, 3.8) is 0 Å². The van der Waals surface area contributed by atoms with E-state index in [0.717, 1.165) is 51.4 Å². The molecule has 0 radical (unpaired) electrons. The van der Waals surface area contributed by atoms with Gasteiger partial charge in [-0.15, -0.1) is 0 Å². The van der Waals surface area contributed by atoms with Gasteiger partial charge < -0.3 is 14.4 Å². The van der Waals surface area contributed by atoms with Gasteiger partial charge in [-0.05, 0) is 43.9 Å². The molecular weight excluding hydrogens is 316 g/mol. The summed E-state index contributed by atoms with van der Waals surface area (Å²) in [5.41, 5.74) is 2.36. The summed E-state index contributed by atoms with van der Waals surface area (Å²) >= 11 is 0. The minimum atomic E-state index is 0.188.